The number of ether oxygens (including phenoxy) is 5. The molecule has 0 aliphatic rings. The summed E-state index contributed by atoms with van der Waals surface area (Å²) >= 11 is 0. The molecule has 0 fully saturated rings. The lowest BCUT2D eigenvalue weighted by Crippen LogP contribution is -2.00. The molecule has 0 saturated carbocycles. The van der Waals surface area contributed by atoms with E-state index in [1.165, 1.54) is 25.8 Å². The topological polar surface area (TPSA) is 97.4 Å². The van der Waals surface area contributed by atoms with Gasteiger partial charge in [0.2, 0.25) is 0 Å². The predicted molar refractivity (Wildman–Crippen MR) is 209 cm³/mol. The van der Waals surface area contributed by atoms with Gasteiger partial charge in [0.05, 0.1) is 35.5 Å². The van der Waals surface area contributed by atoms with Gasteiger partial charge in [-0.15, -0.1) is 0 Å². The fraction of sp³-hybridized carbons (Fsp3) is 0.295. The number of benzene rings is 5. The zero-order valence-electron chi connectivity index (χ0n) is 32.1. The Kier molecular flexibility index (Phi) is 18.2. The number of carbonyl (C=O) groups is 3. The number of ketones is 3. The Morgan fingerprint density at radius 1 is 0.481 bits per heavy atom. The summed E-state index contributed by atoms with van der Waals surface area (Å²) in [7, 11) is 8.32. The lowest BCUT2D eigenvalue weighted by molar-refractivity contribution is 0.100. The summed E-state index contributed by atoms with van der Waals surface area (Å²) < 4.78 is 25.6. The van der Waals surface area contributed by atoms with Crippen LogP contribution >= 0.6 is 0 Å². The van der Waals surface area contributed by atoms with Gasteiger partial charge < -0.3 is 23.7 Å². The Hall–Kier alpha value is -5.63. The summed E-state index contributed by atoms with van der Waals surface area (Å²) in [5.74, 6) is 5.18. The first-order chi connectivity index (χ1) is 24.9. The third-order valence-electron chi connectivity index (χ3n) is 8.20. The third kappa shape index (κ3) is 13.9. The molecule has 1 atom stereocenters. The van der Waals surface area contributed by atoms with Gasteiger partial charge in [0.15, 0.2) is 17.3 Å². The molecule has 0 aliphatic heterocycles. The summed E-state index contributed by atoms with van der Waals surface area (Å²) in [6, 6.07) is 31.5. The van der Waals surface area contributed by atoms with Crippen molar-refractivity contribution < 1.29 is 38.1 Å². The van der Waals surface area contributed by atoms with Crippen molar-refractivity contribution in [3.05, 3.63) is 125 Å². The van der Waals surface area contributed by atoms with Crippen LogP contribution in [0.3, 0.4) is 0 Å². The van der Waals surface area contributed by atoms with Crippen LogP contribution in [0.15, 0.2) is 103 Å². The van der Waals surface area contributed by atoms with Crippen molar-refractivity contribution in [2.45, 2.75) is 47.5 Å². The smallest absolute Gasteiger partial charge is 0.159 e. The molecule has 8 heteroatoms. The van der Waals surface area contributed by atoms with E-state index >= 15 is 0 Å². The number of Topliss-reactive ketones (excluding diaryl/α,β-unsaturated/α-hetero) is 3. The zero-order chi connectivity index (χ0) is 38.6. The maximum atomic E-state index is 11.2. The minimum Gasteiger partial charge on any atom is -0.497 e. The van der Waals surface area contributed by atoms with E-state index in [0.717, 1.165) is 51.5 Å². The molecule has 0 aromatic heterocycles. The number of hydrogen-bond acceptors (Lipinski definition) is 8. The molecule has 276 valence electrons. The van der Waals surface area contributed by atoms with Crippen LogP contribution in [0.2, 0.25) is 0 Å². The SMILES string of the molecule is CC(=O)c1ccc(C(C)=O)cc1.CCC(C)Cc1cc(OC)ccc1OC.COc1ccc(OC)cc1.COc1ccc2cc(C(C)=O)ccc2c1. The summed E-state index contributed by atoms with van der Waals surface area (Å²) in [5.41, 5.74) is 3.25. The Morgan fingerprint density at radius 2 is 0.865 bits per heavy atom. The number of carbonyl (C=O) groups excluding carboxylic acids is 3. The maximum Gasteiger partial charge on any atom is 0.159 e. The van der Waals surface area contributed by atoms with Gasteiger partial charge >= 0.3 is 0 Å². The largest absolute Gasteiger partial charge is 0.497 e. The first-order valence-corrected chi connectivity index (χ1v) is 17.0. The summed E-state index contributed by atoms with van der Waals surface area (Å²) in [6.07, 6.45) is 2.22. The third-order valence-corrected chi connectivity index (χ3v) is 8.20. The molecule has 0 aliphatic carbocycles. The van der Waals surface area contributed by atoms with Gasteiger partial charge in [-0.05, 0) is 110 Å². The first kappa shape index (κ1) is 42.5. The van der Waals surface area contributed by atoms with Crippen molar-refractivity contribution in [2.75, 3.05) is 35.5 Å². The predicted octanol–water partition coefficient (Wildman–Crippen LogP) is 10.1. The van der Waals surface area contributed by atoms with Crippen LogP contribution in [0, 0.1) is 5.92 Å². The van der Waals surface area contributed by atoms with E-state index in [1.54, 1.807) is 66.7 Å². The van der Waals surface area contributed by atoms with E-state index in [-0.39, 0.29) is 17.3 Å². The Balaban J connectivity index is 0.000000243. The molecule has 0 heterocycles. The molecule has 5 rings (SSSR count). The van der Waals surface area contributed by atoms with Crippen LogP contribution in [0.4, 0.5) is 0 Å². The van der Waals surface area contributed by atoms with Crippen LogP contribution in [-0.2, 0) is 6.42 Å². The van der Waals surface area contributed by atoms with E-state index < -0.39 is 0 Å². The standard InChI is InChI=1S/C13H12O2.C13H20O2.C10H10O2.C8H10O2/c1-9(14)10-3-4-12-8-13(15-2)6-5-11(12)7-10;1-5-10(2)8-11-9-12(14-3)6-7-13(11)15-4;1-7(11)9-3-5-10(6-4-9)8(2)12;1-9-7-3-5-8(10-2)6-4-7/h3-8H,1-2H3;6-7,9-10H,5,8H2,1-4H3;3-6H,1-2H3;3-6H,1-2H3. The van der Waals surface area contributed by atoms with Gasteiger partial charge in [0.25, 0.3) is 0 Å². The van der Waals surface area contributed by atoms with Crippen LogP contribution in [0.5, 0.6) is 28.7 Å². The molecule has 0 bridgehead atoms. The first-order valence-electron chi connectivity index (χ1n) is 17.0. The normalized spacial score (nSPS) is 10.4. The Morgan fingerprint density at radius 3 is 1.29 bits per heavy atom. The number of fused-ring (bicyclic) bond motifs is 1. The van der Waals surface area contributed by atoms with Crippen molar-refractivity contribution in [1.82, 2.24) is 0 Å². The molecule has 0 N–H and O–H groups in total. The molecule has 0 radical (unpaired) electrons. The molecular weight excluding hydrogens is 656 g/mol. The van der Waals surface area contributed by atoms with Crippen LogP contribution < -0.4 is 23.7 Å². The summed E-state index contributed by atoms with van der Waals surface area (Å²) in [6.45, 7) is 9.03. The molecule has 0 spiro atoms. The highest BCUT2D eigenvalue weighted by Crippen LogP contribution is 2.27. The Labute approximate surface area is 308 Å². The highest BCUT2D eigenvalue weighted by Gasteiger charge is 2.08. The summed E-state index contributed by atoms with van der Waals surface area (Å²) in [4.78, 5) is 32.9. The average molecular weight is 709 g/mol. The maximum absolute atomic E-state index is 11.2. The van der Waals surface area contributed by atoms with Crippen molar-refractivity contribution in [2.24, 2.45) is 5.92 Å². The second-order valence-corrected chi connectivity index (χ2v) is 11.9. The van der Waals surface area contributed by atoms with Crippen LogP contribution in [0.1, 0.15) is 77.7 Å². The monoisotopic (exact) mass is 708 g/mol. The minimum absolute atomic E-state index is 0.0186. The lowest BCUT2D eigenvalue weighted by atomic mass is 9.98. The van der Waals surface area contributed by atoms with Gasteiger partial charge in [0, 0.05) is 16.7 Å². The average Bonchev–Trinajstić information content (AvgIpc) is 3.18. The van der Waals surface area contributed by atoms with Crippen molar-refractivity contribution in [3.63, 3.8) is 0 Å². The Bertz CT molecular complexity index is 1800. The molecular formula is C44H52O8. The quantitative estimate of drug-likeness (QED) is 0.125. The second-order valence-electron chi connectivity index (χ2n) is 11.9. The van der Waals surface area contributed by atoms with Crippen molar-refractivity contribution in [3.8, 4) is 28.7 Å². The van der Waals surface area contributed by atoms with E-state index in [4.69, 9.17) is 23.7 Å². The van der Waals surface area contributed by atoms with E-state index in [1.807, 2.05) is 72.8 Å². The van der Waals surface area contributed by atoms with Gasteiger partial charge in [0.1, 0.15) is 28.7 Å². The van der Waals surface area contributed by atoms with Gasteiger partial charge in [-0.1, -0.05) is 62.7 Å². The molecule has 52 heavy (non-hydrogen) atoms. The molecule has 1 unspecified atom stereocenters. The molecule has 5 aromatic carbocycles. The van der Waals surface area contributed by atoms with E-state index in [0.29, 0.717) is 17.0 Å². The zero-order valence-corrected chi connectivity index (χ0v) is 32.1. The highest BCUT2D eigenvalue weighted by molar-refractivity contribution is 5.99. The molecule has 0 saturated heterocycles. The lowest BCUT2D eigenvalue weighted by Gasteiger charge is -2.13. The van der Waals surface area contributed by atoms with Crippen molar-refractivity contribution >= 4 is 28.1 Å². The minimum atomic E-state index is 0.0186. The van der Waals surface area contributed by atoms with E-state index in [9.17, 15) is 14.4 Å². The number of methoxy groups -OCH3 is 5. The molecule has 0 amide bonds. The molecule has 8 nitrogen and oxygen atoms in total. The van der Waals surface area contributed by atoms with Crippen LogP contribution in [0.25, 0.3) is 10.8 Å². The highest BCUT2D eigenvalue weighted by atomic mass is 16.5. The number of rotatable bonds is 11. The molecule has 5 aromatic rings. The fourth-order valence-electron chi connectivity index (χ4n) is 4.78. The fourth-order valence-corrected chi connectivity index (χ4v) is 4.78. The van der Waals surface area contributed by atoms with Gasteiger partial charge in [-0.25, -0.2) is 0 Å². The second kappa shape index (κ2) is 22.2. The number of hydrogen-bond donors (Lipinski definition) is 0. The van der Waals surface area contributed by atoms with Crippen molar-refractivity contribution in [1.29, 1.82) is 0 Å². The van der Waals surface area contributed by atoms with Crippen LogP contribution in [-0.4, -0.2) is 52.9 Å². The summed E-state index contributed by atoms with van der Waals surface area (Å²) in [5, 5.41) is 2.14. The van der Waals surface area contributed by atoms with Gasteiger partial charge in [-0.2, -0.15) is 0 Å². The van der Waals surface area contributed by atoms with E-state index in [2.05, 4.69) is 19.9 Å². The van der Waals surface area contributed by atoms with Gasteiger partial charge in [-0.3, -0.25) is 14.4 Å².